The van der Waals surface area contributed by atoms with Crippen LogP contribution in [-0.2, 0) is 0 Å². The highest BCUT2D eigenvalue weighted by molar-refractivity contribution is 7.99. The minimum atomic E-state index is 0. The fourth-order valence-corrected chi connectivity index (χ4v) is 3.17. The molecule has 2 atom stereocenters. The summed E-state index contributed by atoms with van der Waals surface area (Å²) in [5.74, 6) is 3.39. The molecule has 2 heterocycles. The second-order valence-electron chi connectivity index (χ2n) is 3.26. The first-order chi connectivity index (χ1) is 4.90. The van der Waals surface area contributed by atoms with Crippen LogP contribution < -0.4 is 5.73 Å². The van der Waals surface area contributed by atoms with Gasteiger partial charge < -0.3 is 5.73 Å². The third kappa shape index (κ3) is 2.42. The Labute approximate surface area is 90.4 Å². The Hall–Kier alpha value is 0.850. The van der Waals surface area contributed by atoms with Crippen LogP contribution in [0.2, 0.25) is 0 Å². The van der Waals surface area contributed by atoms with Crippen LogP contribution in [0.25, 0.3) is 0 Å². The van der Waals surface area contributed by atoms with Crippen LogP contribution in [0.3, 0.4) is 0 Å². The van der Waals surface area contributed by atoms with E-state index in [4.69, 9.17) is 5.73 Å². The van der Waals surface area contributed by atoms with Gasteiger partial charge in [-0.3, -0.25) is 4.90 Å². The SMILES string of the molecule is Cl.Cl.NCC1CC2CSCN2C1. The van der Waals surface area contributed by atoms with Crippen molar-refractivity contribution < 1.29 is 0 Å². The lowest BCUT2D eigenvalue weighted by molar-refractivity contribution is 0.332. The molecular formula is C7H16Cl2N2S. The first kappa shape index (κ1) is 12.8. The zero-order valence-corrected chi connectivity index (χ0v) is 9.39. The number of hydrogen-bond acceptors (Lipinski definition) is 3. The largest absolute Gasteiger partial charge is 0.330 e. The summed E-state index contributed by atoms with van der Waals surface area (Å²) >= 11 is 2.06. The zero-order valence-electron chi connectivity index (χ0n) is 6.94. The molecule has 0 spiro atoms. The molecule has 74 valence electrons. The van der Waals surface area contributed by atoms with Crippen molar-refractivity contribution in [2.24, 2.45) is 11.7 Å². The Morgan fingerprint density at radius 1 is 1.42 bits per heavy atom. The monoisotopic (exact) mass is 230 g/mol. The highest BCUT2D eigenvalue weighted by Gasteiger charge is 2.34. The van der Waals surface area contributed by atoms with Gasteiger partial charge in [-0.05, 0) is 18.9 Å². The van der Waals surface area contributed by atoms with Crippen LogP contribution in [0.4, 0.5) is 0 Å². The molecule has 0 amide bonds. The summed E-state index contributed by atoms with van der Waals surface area (Å²) in [5.41, 5.74) is 5.60. The molecule has 0 bridgehead atoms. The van der Waals surface area contributed by atoms with E-state index in [9.17, 15) is 0 Å². The predicted molar refractivity (Wildman–Crippen MR) is 59.5 cm³/mol. The van der Waals surface area contributed by atoms with Crippen molar-refractivity contribution in [1.82, 2.24) is 4.90 Å². The van der Waals surface area contributed by atoms with Crippen LogP contribution in [0, 0.1) is 5.92 Å². The highest BCUT2D eigenvalue weighted by Crippen LogP contribution is 2.31. The van der Waals surface area contributed by atoms with Gasteiger partial charge in [0.1, 0.15) is 0 Å². The summed E-state index contributed by atoms with van der Waals surface area (Å²) in [4.78, 5) is 2.57. The van der Waals surface area contributed by atoms with Gasteiger partial charge in [-0.25, -0.2) is 0 Å². The summed E-state index contributed by atoms with van der Waals surface area (Å²) in [7, 11) is 0. The molecule has 2 nitrogen and oxygen atoms in total. The zero-order chi connectivity index (χ0) is 6.97. The van der Waals surface area contributed by atoms with Gasteiger partial charge in [0.2, 0.25) is 0 Å². The molecule has 5 heteroatoms. The summed E-state index contributed by atoms with van der Waals surface area (Å²) in [5, 5.41) is 0. The minimum Gasteiger partial charge on any atom is -0.330 e. The Morgan fingerprint density at radius 3 is 2.75 bits per heavy atom. The van der Waals surface area contributed by atoms with Gasteiger partial charge in [0, 0.05) is 24.2 Å². The van der Waals surface area contributed by atoms with Crippen molar-refractivity contribution in [3.8, 4) is 0 Å². The topological polar surface area (TPSA) is 29.3 Å². The normalized spacial score (nSPS) is 33.8. The van der Waals surface area contributed by atoms with Crippen molar-refractivity contribution in [2.45, 2.75) is 12.5 Å². The van der Waals surface area contributed by atoms with Gasteiger partial charge in [0.25, 0.3) is 0 Å². The van der Waals surface area contributed by atoms with E-state index in [1.54, 1.807) is 0 Å². The maximum Gasteiger partial charge on any atom is 0.0448 e. The van der Waals surface area contributed by atoms with E-state index in [1.165, 1.54) is 24.6 Å². The first-order valence-corrected chi connectivity index (χ1v) is 5.07. The lowest BCUT2D eigenvalue weighted by Crippen LogP contribution is -2.24. The number of nitrogens with zero attached hydrogens (tertiary/aromatic N) is 1. The summed E-state index contributed by atoms with van der Waals surface area (Å²) in [6.45, 7) is 2.14. The lowest BCUT2D eigenvalue weighted by Gasteiger charge is -2.11. The van der Waals surface area contributed by atoms with Crippen LogP contribution in [-0.4, -0.2) is 35.7 Å². The van der Waals surface area contributed by atoms with Gasteiger partial charge in [-0.2, -0.15) is 0 Å². The van der Waals surface area contributed by atoms with E-state index in [0.717, 1.165) is 18.5 Å². The Bertz CT molecular complexity index is 125. The fraction of sp³-hybridized carbons (Fsp3) is 1.00. The van der Waals surface area contributed by atoms with Crippen molar-refractivity contribution >= 4 is 36.6 Å². The van der Waals surface area contributed by atoms with E-state index >= 15 is 0 Å². The predicted octanol–water partition coefficient (Wildman–Crippen LogP) is 1.18. The molecule has 2 aliphatic rings. The van der Waals surface area contributed by atoms with Crippen LogP contribution in [0.5, 0.6) is 0 Å². The average Bonchev–Trinajstić information content (AvgIpc) is 2.42. The van der Waals surface area contributed by atoms with Gasteiger partial charge in [-0.15, -0.1) is 36.6 Å². The summed E-state index contributed by atoms with van der Waals surface area (Å²) < 4.78 is 0. The Balaban J connectivity index is 0.000000605. The van der Waals surface area contributed by atoms with Crippen molar-refractivity contribution in [2.75, 3.05) is 24.7 Å². The van der Waals surface area contributed by atoms with E-state index < -0.39 is 0 Å². The van der Waals surface area contributed by atoms with Gasteiger partial charge in [0.05, 0.1) is 0 Å². The van der Waals surface area contributed by atoms with Gasteiger partial charge in [-0.1, -0.05) is 0 Å². The maximum atomic E-state index is 5.60. The number of rotatable bonds is 1. The third-order valence-corrected chi connectivity index (χ3v) is 3.65. The minimum absolute atomic E-state index is 0. The molecule has 2 rings (SSSR count). The molecular weight excluding hydrogens is 215 g/mol. The average molecular weight is 231 g/mol. The van der Waals surface area contributed by atoms with Gasteiger partial charge >= 0.3 is 0 Å². The van der Waals surface area contributed by atoms with Crippen molar-refractivity contribution in [3.05, 3.63) is 0 Å². The van der Waals surface area contributed by atoms with E-state index in [0.29, 0.717) is 0 Å². The fourth-order valence-electron chi connectivity index (χ4n) is 1.90. The number of hydrogen-bond donors (Lipinski definition) is 1. The molecule has 0 aliphatic carbocycles. The smallest absolute Gasteiger partial charge is 0.0448 e. The molecule has 2 saturated heterocycles. The first-order valence-electron chi connectivity index (χ1n) is 3.92. The second-order valence-corrected chi connectivity index (χ2v) is 4.26. The molecule has 0 aromatic rings. The van der Waals surface area contributed by atoms with E-state index in [1.807, 2.05) is 0 Å². The number of thioether (sulfide) groups is 1. The van der Waals surface area contributed by atoms with Crippen molar-refractivity contribution in [3.63, 3.8) is 0 Å². The summed E-state index contributed by atoms with van der Waals surface area (Å²) in [6.07, 6.45) is 1.35. The maximum absolute atomic E-state index is 5.60. The van der Waals surface area contributed by atoms with Crippen molar-refractivity contribution in [1.29, 1.82) is 0 Å². The molecule has 2 aliphatic heterocycles. The molecule has 2 unspecified atom stereocenters. The molecule has 0 radical (unpaired) electrons. The quantitative estimate of drug-likeness (QED) is 0.734. The molecule has 12 heavy (non-hydrogen) atoms. The van der Waals surface area contributed by atoms with Crippen LogP contribution in [0.15, 0.2) is 0 Å². The Kier molecular flexibility index (Phi) is 5.95. The number of nitrogens with two attached hydrogens (primary N) is 1. The van der Waals surface area contributed by atoms with Gasteiger partial charge in [0.15, 0.2) is 0 Å². The standard InChI is InChI=1S/C7H14N2S.2ClH/c8-2-6-1-7-4-10-5-9(7)3-6;;/h6-7H,1-5,8H2;2*1H. The Morgan fingerprint density at radius 2 is 2.17 bits per heavy atom. The van der Waals surface area contributed by atoms with Crippen LogP contribution in [0.1, 0.15) is 6.42 Å². The summed E-state index contributed by atoms with van der Waals surface area (Å²) in [6, 6.07) is 0.874. The molecule has 2 N–H and O–H groups in total. The van der Waals surface area contributed by atoms with E-state index in [2.05, 4.69) is 16.7 Å². The molecule has 0 aromatic heterocycles. The molecule has 0 aromatic carbocycles. The molecule has 2 fully saturated rings. The highest BCUT2D eigenvalue weighted by atomic mass is 35.5. The van der Waals surface area contributed by atoms with Crippen LogP contribution >= 0.6 is 36.6 Å². The lowest BCUT2D eigenvalue weighted by atomic mass is 10.1. The second kappa shape index (κ2) is 5.55. The molecule has 0 saturated carbocycles. The number of fused-ring (bicyclic) bond motifs is 1. The third-order valence-electron chi connectivity index (χ3n) is 2.52. The number of halogens is 2. The van der Waals surface area contributed by atoms with E-state index in [-0.39, 0.29) is 24.8 Å².